The predicted molar refractivity (Wildman–Crippen MR) is 129 cm³/mol. The molecular formula is C25H28N6O2. The van der Waals surface area contributed by atoms with E-state index in [0.29, 0.717) is 29.9 Å². The number of hydrogen-bond acceptors (Lipinski definition) is 6. The van der Waals surface area contributed by atoms with Crippen molar-refractivity contribution in [1.29, 1.82) is 0 Å². The zero-order chi connectivity index (χ0) is 22.9. The summed E-state index contributed by atoms with van der Waals surface area (Å²) in [5.74, 6) is 2.26. The van der Waals surface area contributed by atoms with E-state index in [1.165, 1.54) is 5.56 Å². The third-order valence-corrected chi connectivity index (χ3v) is 6.15. The van der Waals surface area contributed by atoms with Crippen molar-refractivity contribution in [2.75, 3.05) is 19.0 Å². The summed E-state index contributed by atoms with van der Waals surface area (Å²) in [6.07, 6.45) is 2.70. The van der Waals surface area contributed by atoms with Crippen LogP contribution >= 0.6 is 0 Å². The largest absolute Gasteiger partial charge is 0.497 e. The van der Waals surface area contributed by atoms with Crippen LogP contribution in [0.5, 0.6) is 5.75 Å². The fourth-order valence-corrected chi connectivity index (χ4v) is 4.17. The number of amides is 1. The van der Waals surface area contributed by atoms with Gasteiger partial charge < -0.3 is 15.4 Å². The van der Waals surface area contributed by atoms with Crippen molar-refractivity contribution >= 4 is 28.4 Å². The number of benzene rings is 2. The summed E-state index contributed by atoms with van der Waals surface area (Å²) in [5.41, 5.74) is 3.62. The molecule has 4 aromatic rings. The molecule has 33 heavy (non-hydrogen) atoms. The van der Waals surface area contributed by atoms with Crippen molar-refractivity contribution < 1.29 is 9.53 Å². The molecule has 2 aromatic heterocycles. The van der Waals surface area contributed by atoms with E-state index in [2.05, 4.69) is 42.7 Å². The number of carbonyl (C=O) groups is 1. The Morgan fingerprint density at radius 1 is 1.12 bits per heavy atom. The molecule has 0 spiro atoms. The number of fused-ring (bicyclic) bond motifs is 3. The monoisotopic (exact) mass is 444 g/mol. The molecule has 2 aromatic carbocycles. The first-order valence-electron chi connectivity index (χ1n) is 11.4. The number of ether oxygens (including phenoxy) is 1. The summed E-state index contributed by atoms with van der Waals surface area (Å²) in [7, 11) is 1.64. The quantitative estimate of drug-likeness (QED) is 0.480. The Morgan fingerprint density at radius 2 is 1.94 bits per heavy atom. The Balaban J connectivity index is 1.66. The van der Waals surface area contributed by atoms with Crippen LogP contribution in [0.4, 0.5) is 5.95 Å². The highest BCUT2D eigenvalue weighted by Crippen LogP contribution is 2.28. The molecule has 1 amide bonds. The zero-order valence-electron chi connectivity index (χ0n) is 19.1. The van der Waals surface area contributed by atoms with Gasteiger partial charge in [-0.15, -0.1) is 5.10 Å². The summed E-state index contributed by atoms with van der Waals surface area (Å²) in [6.45, 7) is 5.03. The second-order valence-electron chi connectivity index (χ2n) is 8.75. The highest BCUT2D eigenvalue weighted by atomic mass is 16.5. The number of anilines is 1. The number of rotatable bonds is 5. The topological polar surface area (TPSA) is 93.4 Å². The average molecular weight is 445 g/mol. The normalized spacial score (nSPS) is 16.7. The van der Waals surface area contributed by atoms with Crippen molar-refractivity contribution in [3.05, 3.63) is 48.0 Å². The lowest BCUT2D eigenvalue weighted by molar-refractivity contribution is -0.121. The standard InChI is InChI=1S/C25H28N6O2/c1-15(2)17-9-12-19-21(14-17)28-25(27-20-6-4-5-13-26-24(20)32)31-23(19)29-22(30-31)16-7-10-18(33-3)11-8-16/h7-12,14-15,20H,4-6,13H2,1-3H3,(H,26,32)(H,27,28)/t20-/m1/s1. The van der Waals surface area contributed by atoms with E-state index in [9.17, 15) is 4.79 Å². The third kappa shape index (κ3) is 4.08. The molecule has 8 heteroatoms. The number of nitrogens with zero attached hydrogens (tertiary/aromatic N) is 4. The van der Waals surface area contributed by atoms with Crippen LogP contribution in [0.2, 0.25) is 0 Å². The highest BCUT2D eigenvalue weighted by Gasteiger charge is 2.23. The van der Waals surface area contributed by atoms with Crippen LogP contribution in [0.25, 0.3) is 27.9 Å². The number of methoxy groups -OCH3 is 1. The van der Waals surface area contributed by atoms with E-state index in [1.54, 1.807) is 11.6 Å². The lowest BCUT2D eigenvalue weighted by Gasteiger charge is -2.17. The molecule has 3 heterocycles. The minimum absolute atomic E-state index is 0.00558. The molecule has 0 radical (unpaired) electrons. The second-order valence-corrected chi connectivity index (χ2v) is 8.75. The van der Waals surface area contributed by atoms with Crippen LogP contribution < -0.4 is 15.4 Å². The van der Waals surface area contributed by atoms with E-state index in [4.69, 9.17) is 19.8 Å². The van der Waals surface area contributed by atoms with Crippen LogP contribution in [0.3, 0.4) is 0 Å². The summed E-state index contributed by atoms with van der Waals surface area (Å²) in [6, 6.07) is 13.6. The van der Waals surface area contributed by atoms with Gasteiger partial charge in [-0.3, -0.25) is 4.79 Å². The Morgan fingerprint density at radius 3 is 2.70 bits per heavy atom. The maximum absolute atomic E-state index is 12.6. The minimum atomic E-state index is -0.359. The molecule has 1 fully saturated rings. The molecule has 5 rings (SSSR count). The Labute approximate surface area is 192 Å². The van der Waals surface area contributed by atoms with Gasteiger partial charge in [-0.05, 0) is 67.1 Å². The van der Waals surface area contributed by atoms with E-state index >= 15 is 0 Å². The number of hydrogen-bond donors (Lipinski definition) is 2. The van der Waals surface area contributed by atoms with Gasteiger partial charge in [0, 0.05) is 17.5 Å². The number of nitrogens with one attached hydrogen (secondary N) is 2. The Bertz CT molecular complexity index is 1310. The zero-order valence-corrected chi connectivity index (χ0v) is 19.1. The minimum Gasteiger partial charge on any atom is -0.497 e. The molecule has 1 aliphatic rings. The van der Waals surface area contributed by atoms with Crippen molar-refractivity contribution in [2.24, 2.45) is 0 Å². The number of aromatic nitrogens is 4. The summed E-state index contributed by atoms with van der Waals surface area (Å²) < 4.78 is 6.99. The van der Waals surface area contributed by atoms with Gasteiger partial charge in [0.2, 0.25) is 11.9 Å². The fourth-order valence-electron chi connectivity index (χ4n) is 4.17. The molecule has 170 valence electrons. The molecule has 0 aliphatic carbocycles. The summed E-state index contributed by atoms with van der Waals surface area (Å²) in [5, 5.41) is 12.0. The second kappa shape index (κ2) is 8.69. The molecule has 0 saturated carbocycles. The molecule has 1 aliphatic heterocycles. The van der Waals surface area contributed by atoms with Crippen LogP contribution in [-0.2, 0) is 4.79 Å². The van der Waals surface area contributed by atoms with E-state index in [1.807, 2.05) is 24.3 Å². The first-order valence-corrected chi connectivity index (χ1v) is 11.4. The SMILES string of the molecule is COc1ccc(-c2nc3c4ccc(C(C)C)cc4nc(N[C@@H]4CCCCNC4=O)n3n2)cc1. The lowest BCUT2D eigenvalue weighted by atomic mass is 10.0. The van der Waals surface area contributed by atoms with E-state index in [0.717, 1.165) is 41.5 Å². The highest BCUT2D eigenvalue weighted by molar-refractivity contribution is 5.94. The predicted octanol–water partition coefficient (Wildman–Crippen LogP) is 4.16. The van der Waals surface area contributed by atoms with E-state index in [-0.39, 0.29) is 11.9 Å². The molecule has 1 atom stereocenters. The van der Waals surface area contributed by atoms with Crippen LogP contribution in [0.1, 0.15) is 44.6 Å². The van der Waals surface area contributed by atoms with Crippen molar-refractivity contribution in [1.82, 2.24) is 24.9 Å². The van der Waals surface area contributed by atoms with Gasteiger partial charge in [0.15, 0.2) is 11.5 Å². The van der Waals surface area contributed by atoms with Crippen LogP contribution in [0.15, 0.2) is 42.5 Å². The molecule has 8 nitrogen and oxygen atoms in total. The van der Waals surface area contributed by atoms with Crippen molar-refractivity contribution in [3.8, 4) is 17.1 Å². The van der Waals surface area contributed by atoms with Gasteiger partial charge in [-0.25, -0.2) is 9.97 Å². The average Bonchev–Trinajstić information content (AvgIpc) is 3.18. The van der Waals surface area contributed by atoms with Crippen LogP contribution in [0, 0.1) is 0 Å². The van der Waals surface area contributed by atoms with Gasteiger partial charge in [0.1, 0.15) is 11.8 Å². The smallest absolute Gasteiger partial charge is 0.242 e. The Hall–Kier alpha value is -3.68. The van der Waals surface area contributed by atoms with Crippen LogP contribution in [-0.4, -0.2) is 45.2 Å². The molecule has 2 N–H and O–H groups in total. The maximum Gasteiger partial charge on any atom is 0.242 e. The Kier molecular flexibility index (Phi) is 5.58. The number of carbonyl (C=O) groups excluding carboxylic acids is 1. The fraction of sp³-hybridized carbons (Fsp3) is 0.360. The lowest BCUT2D eigenvalue weighted by Crippen LogP contribution is -2.38. The van der Waals surface area contributed by atoms with Gasteiger partial charge in [-0.2, -0.15) is 4.52 Å². The van der Waals surface area contributed by atoms with Gasteiger partial charge in [0.05, 0.1) is 12.6 Å². The van der Waals surface area contributed by atoms with Crippen molar-refractivity contribution in [3.63, 3.8) is 0 Å². The molecule has 0 bridgehead atoms. The molecular weight excluding hydrogens is 416 g/mol. The summed E-state index contributed by atoms with van der Waals surface area (Å²) in [4.78, 5) is 22.3. The van der Waals surface area contributed by atoms with Gasteiger partial charge in [0.25, 0.3) is 0 Å². The first kappa shape index (κ1) is 21.2. The molecule has 1 saturated heterocycles. The third-order valence-electron chi connectivity index (χ3n) is 6.15. The van der Waals surface area contributed by atoms with Crippen molar-refractivity contribution in [2.45, 2.75) is 45.1 Å². The van der Waals surface area contributed by atoms with E-state index < -0.39 is 0 Å². The first-order chi connectivity index (χ1) is 16.0. The van der Waals surface area contributed by atoms with Gasteiger partial charge in [-0.1, -0.05) is 19.9 Å². The summed E-state index contributed by atoms with van der Waals surface area (Å²) >= 11 is 0. The molecule has 0 unspecified atom stereocenters. The maximum atomic E-state index is 12.6. The van der Waals surface area contributed by atoms with Gasteiger partial charge >= 0.3 is 0 Å².